The Morgan fingerprint density at radius 2 is 1.60 bits per heavy atom. The van der Waals surface area contributed by atoms with Gasteiger partial charge in [0, 0.05) is 22.9 Å². The molecule has 0 saturated heterocycles. The Labute approximate surface area is 236 Å². The van der Waals surface area contributed by atoms with E-state index in [9.17, 15) is 4.79 Å². The summed E-state index contributed by atoms with van der Waals surface area (Å²) in [6.07, 6.45) is 8.51. The van der Waals surface area contributed by atoms with Crippen LogP contribution in [-0.4, -0.2) is 31.0 Å². The van der Waals surface area contributed by atoms with E-state index >= 15 is 0 Å². The molecule has 200 valence electrons. The van der Waals surface area contributed by atoms with E-state index in [0.29, 0.717) is 21.9 Å². The summed E-state index contributed by atoms with van der Waals surface area (Å²) in [5.74, 6) is 1.38. The van der Waals surface area contributed by atoms with Gasteiger partial charge in [0.15, 0.2) is 5.82 Å². The molecule has 0 N–H and O–H groups in total. The van der Waals surface area contributed by atoms with Gasteiger partial charge in [-0.1, -0.05) is 86.1 Å². The fourth-order valence-electron chi connectivity index (χ4n) is 4.54. The Kier molecular flexibility index (Phi) is 7.50. The Balaban J connectivity index is 1.35. The molecule has 3 aromatic heterocycles. The zero-order valence-electron chi connectivity index (χ0n) is 22.2. The van der Waals surface area contributed by atoms with Crippen LogP contribution in [-0.2, 0) is 0 Å². The molecule has 0 fully saturated rings. The first kappa shape index (κ1) is 25.7. The number of hydrogen-bond donors (Lipinski definition) is 0. The Morgan fingerprint density at radius 3 is 2.33 bits per heavy atom. The highest BCUT2D eigenvalue weighted by Gasteiger charge is 2.15. The first-order chi connectivity index (χ1) is 19.7. The van der Waals surface area contributed by atoms with Crippen molar-refractivity contribution in [2.24, 2.45) is 0 Å². The zero-order chi connectivity index (χ0) is 27.3. The molecule has 3 heterocycles. The first-order valence-electron chi connectivity index (χ1n) is 13.5. The molecule has 0 radical (unpaired) electrons. The van der Waals surface area contributed by atoms with Crippen molar-refractivity contribution in [3.63, 3.8) is 0 Å². The summed E-state index contributed by atoms with van der Waals surface area (Å²) in [7, 11) is 0. The molecule has 3 aromatic carbocycles. The van der Waals surface area contributed by atoms with Crippen LogP contribution >= 0.6 is 11.3 Å². The van der Waals surface area contributed by atoms with Crippen molar-refractivity contribution in [3.8, 4) is 34.1 Å². The summed E-state index contributed by atoms with van der Waals surface area (Å²) in [6.45, 7) is 2.92. The van der Waals surface area contributed by atoms with Crippen LogP contribution in [0.2, 0.25) is 0 Å². The van der Waals surface area contributed by atoms with Crippen molar-refractivity contribution < 1.29 is 4.74 Å². The number of aromatic nitrogens is 5. The highest BCUT2D eigenvalue weighted by Crippen LogP contribution is 2.27. The highest BCUT2D eigenvalue weighted by atomic mass is 32.1. The second-order valence-corrected chi connectivity index (χ2v) is 10.6. The second-order valence-electron chi connectivity index (χ2n) is 9.56. The van der Waals surface area contributed by atoms with Crippen LogP contribution in [0.1, 0.15) is 38.2 Å². The van der Waals surface area contributed by atoms with Crippen molar-refractivity contribution in [1.82, 2.24) is 24.4 Å². The van der Waals surface area contributed by atoms with E-state index in [1.807, 2.05) is 102 Å². The summed E-state index contributed by atoms with van der Waals surface area (Å²) in [5.41, 5.74) is 4.18. The molecule has 0 spiro atoms. The van der Waals surface area contributed by atoms with Gasteiger partial charge in [-0.05, 0) is 48.9 Å². The predicted octanol–water partition coefficient (Wildman–Crippen LogP) is 6.18. The Morgan fingerprint density at radius 1 is 0.850 bits per heavy atom. The van der Waals surface area contributed by atoms with Gasteiger partial charge in [-0.3, -0.25) is 4.79 Å². The van der Waals surface area contributed by atoms with Crippen molar-refractivity contribution in [1.29, 1.82) is 0 Å². The molecule has 0 aliphatic carbocycles. The SMILES string of the molecule is CCCCCCOc1ccc(-c2nn(-c3ccccc3)cc2/C=c2\sc3nc(-c4ccccc4)nn3c2=O)cc1. The van der Waals surface area contributed by atoms with E-state index < -0.39 is 0 Å². The maximum atomic E-state index is 13.3. The van der Waals surface area contributed by atoms with Crippen LogP contribution in [0.5, 0.6) is 5.75 Å². The lowest BCUT2D eigenvalue weighted by Gasteiger charge is -2.07. The van der Waals surface area contributed by atoms with E-state index in [-0.39, 0.29) is 5.56 Å². The van der Waals surface area contributed by atoms with Gasteiger partial charge >= 0.3 is 0 Å². The number of fused-ring (bicyclic) bond motifs is 1. The number of unbranched alkanes of at least 4 members (excludes halogenated alkanes) is 3. The van der Waals surface area contributed by atoms with E-state index in [2.05, 4.69) is 17.0 Å². The number of ether oxygens (including phenoxy) is 1. The Bertz CT molecular complexity index is 1820. The minimum absolute atomic E-state index is 0.195. The largest absolute Gasteiger partial charge is 0.494 e. The molecule has 7 nitrogen and oxygen atoms in total. The molecule has 0 bridgehead atoms. The summed E-state index contributed by atoms with van der Waals surface area (Å²) in [6, 6.07) is 27.6. The number of nitrogens with zero attached hydrogens (tertiary/aromatic N) is 5. The van der Waals surface area contributed by atoms with Crippen LogP contribution in [0.3, 0.4) is 0 Å². The standard InChI is InChI=1S/C32H29N5O2S/c1-2-3-4-11-20-39-27-18-16-23(17-19-27)29-25(22-36(34-29)26-14-9-6-10-15-26)21-28-31(38)37-32(40-28)33-30(35-37)24-12-7-5-8-13-24/h5-10,12-19,21-22H,2-4,11,20H2,1H3/b28-21-. The van der Waals surface area contributed by atoms with Gasteiger partial charge in [0.05, 0.1) is 16.8 Å². The van der Waals surface area contributed by atoms with Gasteiger partial charge in [0.1, 0.15) is 11.4 Å². The lowest BCUT2D eigenvalue weighted by atomic mass is 10.1. The van der Waals surface area contributed by atoms with E-state index in [1.54, 1.807) is 0 Å². The van der Waals surface area contributed by atoms with Crippen molar-refractivity contribution in [2.75, 3.05) is 6.61 Å². The third kappa shape index (κ3) is 5.44. The molecule has 0 saturated carbocycles. The van der Waals surface area contributed by atoms with Crippen molar-refractivity contribution in [2.45, 2.75) is 32.6 Å². The number of benzene rings is 3. The van der Waals surface area contributed by atoms with E-state index in [4.69, 9.17) is 9.84 Å². The number of rotatable bonds is 10. The quantitative estimate of drug-likeness (QED) is 0.192. The number of hydrogen-bond acceptors (Lipinski definition) is 6. The third-order valence-electron chi connectivity index (χ3n) is 6.66. The van der Waals surface area contributed by atoms with Gasteiger partial charge in [0.2, 0.25) is 4.96 Å². The lowest BCUT2D eigenvalue weighted by molar-refractivity contribution is 0.305. The minimum atomic E-state index is -0.195. The molecule has 0 unspecified atom stereocenters. The van der Waals surface area contributed by atoms with Crippen molar-refractivity contribution in [3.05, 3.63) is 112 Å². The molecule has 0 aliphatic heterocycles. The smallest absolute Gasteiger partial charge is 0.291 e. The van der Waals surface area contributed by atoms with Crippen LogP contribution in [0, 0.1) is 0 Å². The molecular weight excluding hydrogens is 518 g/mol. The molecule has 8 heteroatoms. The molecule has 40 heavy (non-hydrogen) atoms. The monoisotopic (exact) mass is 547 g/mol. The molecular formula is C32H29N5O2S. The van der Waals surface area contributed by atoms with Crippen LogP contribution < -0.4 is 14.8 Å². The van der Waals surface area contributed by atoms with E-state index in [0.717, 1.165) is 40.2 Å². The average Bonchev–Trinajstić information content (AvgIpc) is 3.69. The van der Waals surface area contributed by atoms with Gasteiger partial charge in [-0.2, -0.15) is 14.6 Å². The average molecular weight is 548 g/mol. The van der Waals surface area contributed by atoms with Gasteiger partial charge in [0.25, 0.3) is 5.56 Å². The maximum Gasteiger partial charge on any atom is 0.291 e. The number of para-hydroxylation sites is 1. The third-order valence-corrected chi connectivity index (χ3v) is 7.62. The normalized spacial score (nSPS) is 11.9. The van der Waals surface area contributed by atoms with Gasteiger partial charge in [-0.25, -0.2) is 4.68 Å². The highest BCUT2D eigenvalue weighted by molar-refractivity contribution is 7.15. The summed E-state index contributed by atoms with van der Waals surface area (Å²) >= 11 is 1.32. The van der Waals surface area contributed by atoms with Crippen LogP contribution in [0.15, 0.2) is 95.9 Å². The van der Waals surface area contributed by atoms with Crippen molar-refractivity contribution >= 4 is 22.4 Å². The summed E-state index contributed by atoms with van der Waals surface area (Å²) in [4.78, 5) is 18.5. The second kappa shape index (κ2) is 11.7. The summed E-state index contributed by atoms with van der Waals surface area (Å²) < 4.78 is 9.71. The van der Waals surface area contributed by atoms with E-state index in [1.165, 1.54) is 35.1 Å². The molecule has 0 aliphatic rings. The molecule has 6 rings (SSSR count). The predicted molar refractivity (Wildman–Crippen MR) is 160 cm³/mol. The fraction of sp³-hybridized carbons (Fsp3) is 0.188. The van der Waals surface area contributed by atoms with Gasteiger partial charge < -0.3 is 4.74 Å². The Hall–Kier alpha value is -4.56. The molecule has 0 amide bonds. The number of thiazole rings is 1. The summed E-state index contributed by atoms with van der Waals surface area (Å²) in [5, 5.41) is 9.38. The minimum Gasteiger partial charge on any atom is -0.494 e. The maximum absolute atomic E-state index is 13.3. The fourth-order valence-corrected chi connectivity index (χ4v) is 5.44. The lowest BCUT2D eigenvalue weighted by Crippen LogP contribution is -2.23. The molecule has 6 aromatic rings. The van der Waals surface area contributed by atoms with Crippen LogP contribution in [0.25, 0.3) is 39.4 Å². The van der Waals surface area contributed by atoms with Crippen LogP contribution in [0.4, 0.5) is 0 Å². The zero-order valence-corrected chi connectivity index (χ0v) is 23.1. The first-order valence-corrected chi connectivity index (χ1v) is 14.4. The molecule has 0 atom stereocenters. The van der Waals surface area contributed by atoms with Gasteiger partial charge in [-0.15, -0.1) is 5.10 Å². The topological polar surface area (TPSA) is 74.3 Å².